The zero-order valence-corrected chi connectivity index (χ0v) is 33.8. The van der Waals surface area contributed by atoms with Gasteiger partial charge < -0.3 is 14.2 Å². The quantitative estimate of drug-likeness (QED) is 0.0546. The van der Waals surface area contributed by atoms with Crippen LogP contribution >= 0.6 is 11.8 Å². The Kier molecular flexibility index (Phi) is 11.7. The predicted molar refractivity (Wildman–Crippen MR) is 207 cm³/mol. The summed E-state index contributed by atoms with van der Waals surface area (Å²) >= 11 is 1.27. The molecule has 1 aliphatic rings. The molecule has 0 unspecified atom stereocenters. The first kappa shape index (κ1) is 39.2. The van der Waals surface area contributed by atoms with Crippen molar-refractivity contribution in [3.05, 3.63) is 47.7 Å². The minimum absolute atomic E-state index is 0.0154. The largest absolute Gasteiger partial charge is 0.468 e. The molecule has 2 aromatic carbocycles. The molecule has 5 rings (SSSR count). The molecule has 13 heteroatoms. The summed E-state index contributed by atoms with van der Waals surface area (Å²) in [7, 11) is -0.794. The normalized spacial score (nSPS) is 13.8. The van der Waals surface area contributed by atoms with Gasteiger partial charge in [-0.2, -0.15) is 0 Å². The fourth-order valence-corrected chi connectivity index (χ4v) is 12.9. The van der Waals surface area contributed by atoms with Gasteiger partial charge in [0, 0.05) is 37.3 Å². The average molecular weight is 750 g/mol. The van der Waals surface area contributed by atoms with Crippen LogP contribution in [0.3, 0.4) is 0 Å². The molecule has 0 radical (unpaired) electrons. The fraction of sp³-hybridized carbons (Fsp3) is 0.487. The van der Waals surface area contributed by atoms with Gasteiger partial charge in [0.15, 0.2) is 23.6 Å². The molecule has 1 aliphatic heterocycles. The van der Waals surface area contributed by atoms with Crippen molar-refractivity contribution in [3.8, 4) is 28.5 Å². The van der Waals surface area contributed by atoms with Crippen LogP contribution in [0.2, 0.25) is 16.6 Å². The van der Waals surface area contributed by atoms with Crippen molar-refractivity contribution in [1.29, 1.82) is 0 Å². The number of benzene rings is 2. The van der Waals surface area contributed by atoms with E-state index < -0.39 is 31.4 Å². The molecule has 9 nitrogen and oxygen atoms in total. The zero-order chi connectivity index (χ0) is 38.1. The molecule has 0 aliphatic carbocycles. The number of hydrazine groups is 1. The lowest BCUT2D eigenvalue weighted by atomic mass is 9.95. The van der Waals surface area contributed by atoms with Gasteiger partial charge >= 0.3 is 6.09 Å². The van der Waals surface area contributed by atoms with Crippen molar-refractivity contribution < 1.29 is 27.8 Å². The van der Waals surface area contributed by atoms with Crippen molar-refractivity contribution in [2.75, 3.05) is 38.3 Å². The first-order chi connectivity index (χ1) is 24.5. The molecule has 0 atom stereocenters. The van der Waals surface area contributed by atoms with E-state index in [1.54, 1.807) is 50.2 Å². The van der Waals surface area contributed by atoms with Gasteiger partial charge in [0.05, 0.1) is 10.9 Å². The lowest BCUT2D eigenvalue weighted by Gasteiger charge is -2.38. The fourth-order valence-electron chi connectivity index (χ4n) is 7.37. The second-order valence-corrected chi connectivity index (χ2v) is 21.3. The first-order valence-electron chi connectivity index (χ1n) is 17.6. The highest BCUT2D eigenvalue weighted by Gasteiger charge is 2.42. The van der Waals surface area contributed by atoms with Gasteiger partial charge in [-0.05, 0) is 73.7 Å². The molecule has 2 aromatic heterocycles. The number of hydrogen-bond acceptors (Lipinski definition) is 9. The Hall–Kier alpha value is -3.99. The number of hydrogen-bond donors (Lipinski definition) is 0. The number of anilines is 1. The molecule has 278 valence electrons. The summed E-state index contributed by atoms with van der Waals surface area (Å²) in [5.74, 6) is 2.72. The maximum absolute atomic E-state index is 17.2. The number of halogens is 2. The summed E-state index contributed by atoms with van der Waals surface area (Å²) in [6.45, 7) is 19.3. The molecular formula is C39H49F2N5O4SSi. The predicted octanol–water partition coefficient (Wildman–Crippen LogP) is 9.76. The van der Waals surface area contributed by atoms with Crippen molar-refractivity contribution in [1.82, 2.24) is 20.0 Å². The van der Waals surface area contributed by atoms with Gasteiger partial charge in [-0.25, -0.2) is 33.5 Å². The molecule has 3 heterocycles. The number of methoxy groups -OCH3 is 1. The topological polar surface area (TPSA) is 89.9 Å². The van der Waals surface area contributed by atoms with E-state index in [1.165, 1.54) is 36.1 Å². The van der Waals surface area contributed by atoms with Crippen molar-refractivity contribution in [2.24, 2.45) is 0 Å². The second kappa shape index (κ2) is 15.5. The SMILES string of the molecule is COCOc1cc(-c2nc(N3CCCN3C(=O)OC(C)(C)C)c3cnc(SC)nc3c2F)c2c(C#C[Si](C(C)C)(C(C)C)C(C)C)c(F)ccc2c1. The maximum Gasteiger partial charge on any atom is 0.429 e. The third kappa shape index (κ3) is 7.56. The third-order valence-corrected chi connectivity index (χ3v) is 16.5. The van der Waals surface area contributed by atoms with Crippen LogP contribution in [0.4, 0.5) is 19.4 Å². The number of thioether (sulfide) groups is 1. The standard InChI is InChI=1S/C39H49F2N5O4SSi/c1-23(2)52(24(3)4,25(5)6)18-15-28-31(40)14-13-26-19-27(49-22-48-10)20-29(32(26)28)34-33(41)35-30(21-42-37(44-35)51-11)36(43-34)45-16-12-17-46(45)38(47)50-39(7,8)9/h13-14,19-21,23-25H,12,16-17,22H2,1-11H3. The van der Waals surface area contributed by atoms with E-state index in [1.807, 2.05) is 0 Å². The summed E-state index contributed by atoms with van der Waals surface area (Å²) in [5, 5.41) is 4.82. The number of carbonyl (C=O) groups excluding carboxylic acids is 1. The first-order valence-corrected chi connectivity index (χ1v) is 21.1. The summed E-state index contributed by atoms with van der Waals surface area (Å²) in [5.41, 5.74) is 4.21. The number of nitrogens with zero attached hydrogens (tertiary/aromatic N) is 5. The van der Waals surface area contributed by atoms with Gasteiger partial charge in [0.25, 0.3) is 0 Å². The van der Waals surface area contributed by atoms with Crippen molar-refractivity contribution in [3.63, 3.8) is 0 Å². The Balaban J connectivity index is 1.87. The summed E-state index contributed by atoms with van der Waals surface area (Å²) in [4.78, 5) is 27.4. The van der Waals surface area contributed by atoms with Crippen molar-refractivity contribution in [2.45, 2.75) is 96.1 Å². The van der Waals surface area contributed by atoms with Crippen LogP contribution in [0.1, 0.15) is 74.3 Å². The number of rotatable bonds is 9. The van der Waals surface area contributed by atoms with Gasteiger partial charge in [-0.1, -0.05) is 65.3 Å². The number of aromatic nitrogens is 3. The molecule has 4 aromatic rings. The van der Waals surface area contributed by atoms with Crippen LogP contribution < -0.4 is 9.75 Å². The van der Waals surface area contributed by atoms with Crippen LogP contribution in [0.25, 0.3) is 32.9 Å². The molecule has 0 saturated carbocycles. The Morgan fingerprint density at radius 3 is 2.35 bits per heavy atom. The lowest BCUT2D eigenvalue weighted by molar-refractivity contribution is 0.0273. The van der Waals surface area contributed by atoms with E-state index in [-0.39, 0.29) is 34.9 Å². The number of carbonyl (C=O) groups is 1. The van der Waals surface area contributed by atoms with E-state index in [4.69, 9.17) is 19.2 Å². The van der Waals surface area contributed by atoms with Crippen molar-refractivity contribution >= 4 is 53.4 Å². The molecule has 0 N–H and O–H groups in total. The average Bonchev–Trinajstić information content (AvgIpc) is 3.57. The minimum atomic E-state index is -2.30. The summed E-state index contributed by atoms with van der Waals surface area (Å²) in [6.07, 6.45) is 3.40. The maximum atomic E-state index is 17.2. The number of pyridine rings is 1. The van der Waals surface area contributed by atoms with Crippen LogP contribution in [0.15, 0.2) is 35.6 Å². The molecule has 1 fully saturated rings. The van der Waals surface area contributed by atoms with Crippen LogP contribution in [0.5, 0.6) is 5.75 Å². The molecule has 0 spiro atoms. The summed E-state index contributed by atoms with van der Waals surface area (Å²) < 4.78 is 50.2. The minimum Gasteiger partial charge on any atom is -0.468 e. The monoisotopic (exact) mass is 749 g/mol. The lowest BCUT2D eigenvalue weighted by Crippen LogP contribution is -2.44. The number of ether oxygens (including phenoxy) is 3. The molecular weight excluding hydrogens is 701 g/mol. The van der Waals surface area contributed by atoms with Crippen LogP contribution in [-0.2, 0) is 9.47 Å². The Labute approximate surface area is 310 Å². The second-order valence-electron chi connectivity index (χ2n) is 15.0. The highest BCUT2D eigenvalue weighted by Crippen LogP contribution is 2.43. The Morgan fingerprint density at radius 1 is 1.04 bits per heavy atom. The van der Waals surface area contributed by atoms with Gasteiger partial charge in [0.1, 0.15) is 36.5 Å². The third-order valence-electron chi connectivity index (χ3n) is 9.61. The molecule has 1 saturated heterocycles. The Bertz CT molecular complexity index is 2020. The Morgan fingerprint density at radius 2 is 1.73 bits per heavy atom. The van der Waals surface area contributed by atoms with E-state index in [0.29, 0.717) is 63.2 Å². The smallest absolute Gasteiger partial charge is 0.429 e. The highest BCUT2D eigenvalue weighted by molar-refractivity contribution is 7.98. The number of amides is 1. The van der Waals surface area contributed by atoms with Gasteiger partial charge in [-0.3, -0.25) is 5.01 Å². The van der Waals surface area contributed by atoms with E-state index >= 15 is 8.78 Å². The van der Waals surface area contributed by atoms with Gasteiger partial charge in [-0.15, -0.1) is 5.54 Å². The molecule has 0 bridgehead atoms. The van der Waals surface area contributed by atoms with E-state index in [0.717, 1.165) is 0 Å². The van der Waals surface area contributed by atoms with Crippen LogP contribution in [0, 0.1) is 23.1 Å². The van der Waals surface area contributed by atoms with Crippen LogP contribution in [-0.4, -0.2) is 73.0 Å². The molecule has 52 heavy (non-hydrogen) atoms. The van der Waals surface area contributed by atoms with E-state index in [9.17, 15) is 4.79 Å². The zero-order valence-electron chi connectivity index (χ0n) is 32.0. The number of fused-ring (bicyclic) bond motifs is 2. The van der Waals surface area contributed by atoms with E-state index in [2.05, 4.69) is 63.0 Å². The van der Waals surface area contributed by atoms with Gasteiger partial charge in [0.2, 0.25) is 0 Å². The molecule has 1 amide bonds. The highest BCUT2D eigenvalue weighted by atomic mass is 32.2. The summed E-state index contributed by atoms with van der Waals surface area (Å²) in [6, 6.07) is 6.42.